The van der Waals surface area contributed by atoms with Gasteiger partial charge in [0.25, 0.3) is 0 Å². The van der Waals surface area contributed by atoms with Gasteiger partial charge < -0.3 is 9.66 Å². The van der Waals surface area contributed by atoms with E-state index >= 15 is 0 Å². The van der Waals surface area contributed by atoms with E-state index in [1.807, 2.05) is 0 Å². The van der Waals surface area contributed by atoms with Gasteiger partial charge in [0.1, 0.15) is 10.1 Å². The van der Waals surface area contributed by atoms with Crippen LogP contribution in [-0.2, 0) is 10.1 Å². The van der Waals surface area contributed by atoms with Gasteiger partial charge in [-0.25, -0.2) is 8.42 Å². The van der Waals surface area contributed by atoms with E-state index in [9.17, 15) is 18.1 Å². The van der Waals surface area contributed by atoms with Gasteiger partial charge in [-0.2, -0.15) is 0 Å². The largest absolute Gasteiger partial charge is 1.00 e. The van der Waals surface area contributed by atoms with Crippen molar-refractivity contribution in [2.24, 2.45) is 0 Å². The zero-order valence-electron chi connectivity index (χ0n) is 19.0. The third kappa shape index (κ3) is 16.6. The molecule has 0 aromatic carbocycles. The topological polar surface area (TPSA) is 77.4 Å². The summed E-state index contributed by atoms with van der Waals surface area (Å²) in [6.45, 7) is 4.40. The zero-order valence-corrected chi connectivity index (χ0v) is 21.8. The molecule has 0 aromatic heterocycles. The molecule has 0 aliphatic heterocycles. The summed E-state index contributed by atoms with van der Waals surface area (Å²) >= 11 is 0. The van der Waals surface area contributed by atoms with Gasteiger partial charge in [0.15, 0.2) is 4.93 Å². The van der Waals surface area contributed by atoms with E-state index in [1.54, 1.807) is 0 Å². The number of rotatable bonds is 20. The van der Waals surface area contributed by atoms with E-state index in [-0.39, 0.29) is 42.4 Å². The summed E-state index contributed by atoms with van der Waals surface area (Å²) in [5.41, 5.74) is 0. The van der Waals surface area contributed by atoms with E-state index in [0.29, 0.717) is 12.8 Å². The van der Waals surface area contributed by atoms with Gasteiger partial charge >= 0.3 is 29.6 Å². The average molecular weight is 429 g/mol. The first kappa shape index (κ1) is 31.1. The van der Waals surface area contributed by atoms with Crippen molar-refractivity contribution < 1.29 is 47.6 Å². The summed E-state index contributed by atoms with van der Waals surface area (Å²) < 4.78 is 34.7. The fourth-order valence-corrected chi connectivity index (χ4v) is 4.41. The van der Waals surface area contributed by atoms with Crippen molar-refractivity contribution >= 4 is 10.1 Å². The second-order valence-corrected chi connectivity index (χ2v) is 9.87. The zero-order chi connectivity index (χ0) is 20.4. The van der Waals surface area contributed by atoms with Crippen molar-refractivity contribution in [3.8, 4) is 0 Å². The van der Waals surface area contributed by atoms with Crippen LogP contribution in [0.2, 0.25) is 0 Å². The van der Waals surface area contributed by atoms with Gasteiger partial charge in [0, 0.05) is 0 Å². The molecule has 0 radical (unpaired) electrons. The Balaban J connectivity index is 0. The molecule has 164 valence electrons. The maximum Gasteiger partial charge on any atom is 1.00 e. The molecule has 1 unspecified atom stereocenters. The Morgan fingerprint density at radius 3 is 1.11 bits per heavy atom. The van der Waals surface area contributed by atoms with Gasteiger partial charge in [0.2, 0.25) is 0 Å². The van der Waals surface area contributed by atoms with Gasteiger partial charge in [0.05, 0.1) is 0 Å². The summed E-state index contributed by atoms with van der Waals surface area (Å²) in [6.07, 6.45) is 18.9. The Bertz CT molecular complexity index is 428. The third-order valence-electron chi connectivity index (χ3n) is 5.56. The SMILES string of the molecule is CCCCCCCCCCCC(O)(CCCCCCCCCC)S(=O)(=O)[O-].[Na+]. The molecule has 1 atom stereocenters. The molecule has 0 rings (SSSR count). The molecule has 28 heavy (non-hydrogen) atoms. The molecule has 0 spiro atoms. The summed E-state index contributed by atoms with van der Waals surface area (Å²) in [6, 6.07) is 0. The van der Waals surface area contributed by atoms with E-state index in [0.717, 1.165) is 38.5 Å². The van der Waals surface area contributed by atoms with Gasteiger partial charge in [-0.1, -0.05) is 110 Å². The molecule has 0 amide bonds. The van der Waals surface area contributed by atoms with E-state index in [4.69, 9.17) is 0 Å². The van der Waals surface area contributed by atoms with Gasteiger partial charge in [-0.3, -0.25) is 0 Å². The minimum absolute atomic E-state index is 0. The second kappa shape index (κ2) is 19.8. The second-order valence-electron chi connectivity index (χ2n) is 8.20. The minimum Gasteiger partial charge on any atom is -0.746 e. The number of unbranched alkanes of at least 4 members (excludes halogenated alkanes) is 15. The molecule has 0 aliphatic rings. The molecule has 0 fully saturated rings. The first-order valence-electron chi connectivity index (χ1n) is 11.5. The van der Waals surface area contributed by atoms with Crippen LogP contribution in [0, 0.1) is 0 Å². The Kier molecular flexibility index (Phi) is 22.0. The molecule has 0 saturated carbocycles. The smallest absolute Gasteiger partial charge is 0.746 e. The molecule has 4 nitrogen and oxygen atoms in total. The quantitative estimate of drug-likeness (QED) is 0.182. The summed E-state index contributed by atoms with van der Waals surface area (Å²) in [7, 11) is -4.67. The molecule has 1 N–H and O–H groups in total. The molecule has 0 heterocycles. The van der Waals surface area contributed by atoms with E-state index in [2.05, 4.69) is 13.8 Å². The van der Waals surface area contributed by atoms with E-state index < -0.39 is 15.1 Å². The van der Waals surface area contributed by atoms with Crippen LogP contribution in [0.4, 0.5) is 0 Å². The summed E-state index contributed by atoms with van der Waals surface area (Å²) in [5, 5.41) is 10.4. The van der Waals surface area contributed by atoms with Crippen molar-refractivity contribution in [2.45, 2.75) is 141 Å². The van der Waals surface area contributed by atoms with Crippen LogP contribution in [-0.4, -0.2) is 23.0 Å². The van der Waals surface area contributed by atoms with Crippen molar-refractivity contribution in [1.29, 1.82) is 0 Å². The summed E-state index contributed by atoms with van der Waals surface area (Å²) in [4.78, 5) is -2.06. The monoisotopic (exact) mass is 428 g/mol. The van der Waals surface area contributed by atoms with Crippen LogP contribution >= 0.6 is 0 Å². The van der Waals surface area contributed by atoms with Crippen LogP contribution in [0.5, 0.6) is 0 Å². The van der Waals surface area contributed by atoms with Crippen molar-refractivity contribution in [2.75, 3.05) is 0 Å². The Morgan fingerprint density at radius 1 is 0.607 bits per heavy atom. The Morgan fingerprint density at radius 2 is 0.857 bits per heavy atom. The molecular weight excluding hydrogens is 383 g/mol. The van der Waals surface area contributed by atoms with E-state index in [1.165, 1.54) is 57.8 Å². The fraction of sp³-hybridized carbons (Fsp3) is 1.00. The predicted octanol–water partition coefficient (Wildman–Crippen LogP) is 3.68. The van der Waals surface area contributed by atoms with Crippen LogP contribution in [0.3, 0.4) is 0 Å². The third-order valence-corrected chi connectivity index (χ3v) is 6.90. The Labute approximate surface area is 197 Å². The maximum absolute atomic E-state index is 11.6. The van der Waals surface area contributed by atoms with Crippen molar-refractivity contribution in [3.05, 3.63) is 0 Å². The normalized spacial score (nSPS) is 13.9. The molecule has 6 heteroatoms. The predicted molar refractivity (Wildman–Crippen MR) is 114 cm³/mol. The number of hydrogen-bond donors (Lipinski definition) is 1. The van der Waals surface area contributed by atoms with Crippen LogP contribution in [0.15, 0.2) is 0 Å². The molecule has 0 bridgehead atoms. The summed E-state index contributed by atoms with van der Waals surface area (Å²) in [5.74, 6) is 0. The average Bonchev–Trinajstić information content (AvgIpc) is 2.61. The fourth-order valence-electron chi connectivity index (χ4n) is 3.62. The Hall–Kier alpha value is 0.870. The molecular formula is C22H45NaO4S. The molecule has 0 aromatic rings. The minimum atomic E-state index is -4.67. The first-order chi connectivity index (χ1) is 12.9. The van der Waals surface area contributed by atoms with Crippen molar-refractivity contribution in [3.63, 3.8) is 0 Å². The van der Waals surface area contributed by atoms with Crippen LogP contribution in [0.1, 0.15) is 136 Å². The van der Waals surface area contributed by atoms with Crippen LogP contribution < -0.4 is 29.6 Å². The first-order valence-corrected chi connectivity index (χ1v) is 13.0. The maximum atomic E-state index is 11.6. The number of hydrogen-bond acceptors (Lipinski definition) is 4. The standard InChI is InChI=1S/C22H46O4S.Na/c1-3-5-7-9-11-13-15-17-19-21-22(23,27(24,25)26)20-18-16-14-12-10-8-6-4-2;/h23H,3-21H2,1-2H3,(H,24,25,26);/q;+1/p-1. The van der Waals surface area contributed by atoms with Gasteiger partial charge in [-0.05, 0) is 25.7 Å². The number of aliphatic hydroxyl groups is 1. The molecule has 0 aliphatic carbocycles. The van der Waals surface area contributed by atoms with Crippen LogP contribution in [0.25, 0.3) is 0 Å². The molecule has 0 saturated heterocycles. The van der Waals surface area contributed by atoms with Gasteiger partial charge in [-0.15, -0.1) is 0 Å². The van der Waals surface area contributed by atoms with Crippen molar-refractivity contribution in [1.82, 2.24) is 0 Å².